The molecule has 1 heterocycles. The van der Waals surface area contributed by atoms with Crippen LogP contribution in [0.4, 0.5) is 0 Å². The lowest BCUT2D eigenvalue weighted by atomic mass is 10.1. The summed E-state index contributed by atoms with van der Waals surface area (Å²) in [6, 6.07) is 0.625. The molecule has 1 aromatic rings. The number of hydrogen-bond acceptors (Lipinski definition) is 3. The second kappa shape index (κ2) is 7.13. The average Bonchev–Trinajstić information content (AvgIpc) is 2.67. The largest absolute Gasteiger partial charge is 0.382 e. The van der Waals surface area contributed by atoms with Gasteiger partial charge in [0.25, 0.3) is 0 Å². The summed E-state index contributed by atoms with van der Waals surface area (Å²) in [5.41, 5.74) is 1.20. The molecular weight excluding hydrogens is 282 g/mol. The molecule has 98 valence electrons. The zero-order valence-electron chi connectivity index (χ0n) is 11.0. The first-order chi connectivity index (χ1) is 8.11. The fraction of sp³-hybridized carbons (Fsp3) is 0.750. The molecule has 1 atom stereocenters. The average molecular weight is 304 g/mol. The number of nitrogens with one attached hydrogen (secondary N) is 1. The summed E-state index contributed by atoms with van der Waals surface area (Å²) in [4.78, 5) is 0. The van der Waals surface area contributed by atoms with E-state index in [4.69, 9.17) is 4.74 Å². The highest BCUT2D eigenvalue weighted by Crippen LogP contribution is 2.27. The smallest absolute Gasteiger partial charge is 0.0699 e. The van der Waals surface area contributed by atoms with E-state index in [1.807, 2.05) is 20.2 Å². The summed E-state index contributed by atoms with van der Waals surface area (Å²) < 4.78 is 8.53. The van der Waals surface area contributed by atoms with Crippen LogP contribution in [0.3, 0.4) is 0 Å². The lowest BCUT2D eigenvalue weighted by Crippen LogP contribution is -2.23. The van der Waals surface area contributed by atoms with Crippen LogP contribution in [-0.4, -0.2) is 30.0 Å². The fourth-order valence-electron chi connectivity index (χ4n) is 1.85. The Bertz CT molecular complexity index is 338. The van der Waals surface area contributed by atoms with Crippen LogP contribution in [0.5, 0.6) is 0 Å². The molecule has 0 saturated carbocycles. The zero-order chi connectivity index (χ0) is 12.8. The van der Waals surface area contributed by atoms with Crippen molar-refractivity contribution in [3.05, 3.63) is 16.4 Å². The summed E-state index contributed by atoms with van der Waals surface area (Å²) in [7, 11) is 1.97. The van der Waals surface area contributed by atoms with Crippen molar-refractivity contribution in [2.24, 2.45) is 0 Å². The van der Waals surface area contributed by atoms with Crippen molar-refractivity contribution in [1.82, 2.24) is 15.1 Å². The lowest BCUT2D eigenvalue weighted by molar-refractivity contribution is 0.136. The molecule has 0 aliphatic heterocycles. The van der Waals surface area contributed by atoms with Crippen LogP contribution in [0, 0.1) is 0 Å². The van der Waals surface area contributed by atoms with Gasteiger partial charge in [0.15, 0.2) is 0 Å². The van der Waals surface area contributed by atoms with Crippen molar-refractivity contribution in [2.75, 3.05) is 20.3 Å². The Kier molecular flexibility index (Phi) is 6.16. The Morgan fingerprint density at radius 2 is 2.24 bits per heavy atom. The molecule has 1 rings (SSSR count). The predicted molar refractivity (Wildman–Crippen MR) is 73.2 cm³/mol. The Hall–Kier alpha value is -0.390. The number of ether oxygens (including phenoxy) is 1. The first-order valence-electron chi connectivity index (χ1n) is 6.09. The second-order valence-electron chi connectivity index (χ2n) is 4.24. The standard InChI is InChI=1S/C12H22BrN3O/c1-5-17-7-6-11(14-4)12-10(13)8-15-16(12)9(2)3/h8-9,11,14H,5-7H2,1-4H3. The molecule has 0 aromatic carbocycles. The lowest BCUT2D eigenvalue weighted by Gasteiger charge is -2.20. The summed E-state index contributed by atoms with van der Waals surface area (Å²) >= 11 is 3.57. The van der Waals surface area contributed by atoms with E-state index in [2.05, 4.69) is 44.9 Å². The van der Waals surface area contributed by atoms with Crippen molar-refractivity contribution in [2.45, 2.75) is 39.3 Å². The highest BCUT2D eigenvalue weighted by molar-refractivity contribution is 9.10. The van der Waals surface area contributed by atoms with Gasteiger partial charge in [0.05, 0.1) is 22.4 Å². The number of aromatic nitrogens is 2. The van der Waals surface area contributed by atoms with Crippen molar-refractivity contribution < 1.29 is 4.74 Å². The molecule has 0 bridgehead atoms. The van der Waals surface area contributed by atoms with E-state index in [1.165, 1.54) is 5.69 Å². The third-order valence-electron chi connectivity index (χ3n) is 2.71. The van der Waals surface area contributed by atoms with E-state index >= 15 is 0 Å². The molecule has 0 amide bonds. The number of hydrogen-bond donors (Lipinski definition) is 1. The highest BCUT2D eigenvalue weighted by Gasteiger charge is 2.19. The molecule has 1 aromatic heterocycles. The van der Waals surface area contributed by atoms with Crippen molar-refractivity contribution in [1.29, 1.82) is 0 Å². The maximum Gasteiger partial charge on any atom is 0.0699 e. The minimum absolute atomic E-state index is 0.265. The van der Waals surface area contributed by atoms with Gasteiger partial charge in [-0.05, 0) is 50.2 Å². The fourth-order valence-corrected chi connectivity index (χ4v) is 2.40. The predicted octanol–water partition coefficient (Wildman–Crippen LogP) is 2.91. The maximum atomic E-state index is 5.42. The minimum Gasteiger partial charge on any atom is -0.382 e. The van der Waals surface area contributed by atoms with Gasteiger partial charge < -0.3 is 10.1 Å². The maximum absolute atomic E-state index is 5.42. The van der Waals surface area contributed by atoms with Crippen LogP contribution >= 0.6 is 15.9 Å². The molecule has 0 spiro atoms. The monoisotopic (exact) mass is 303 g/mol. The van der Waals surface area contributed by atoms with E-state index in [1.54, 1.807) is 0 Å². The molecule has 1 N–H and O–H groups in total. The molecule has 4 nitrogen and oxygen atoms in total. The molecular formula is C12H22BrN3O. The normalized spacial score (nSPS) is 13.3. The molecule has 0 saturated heterocycles. The summed E-state index contributed by atoms with van der Waals surface area (Å²) in [6.07, 6.45) is 2.81. The van der Waals surface area contributed by atoms with Gasteiger partial charge in [-0.1, -0.05) is 0 Å². The van der Waals surface area contributed by atoms with E-state index in [9.17, 15) is 0 Å². The van der Waals surface area contributed by atoms with Crippen LogP contribution < -0.4 is 5.32 Å². The Labute approximate surface area is 112 Å². The molecule has 0 fully saturated rings. The van der Waals surface area contributed by atoms with Gasteiger partial charge in [0.2, 0.25) is 0 Å². The zero-order valence-corrected chi connectivity index (χ0v) is 12.6. The second-order valence-corrected chi connectivity index (χ2v) is 5.10. The SMILES string of the molecule is CCOCCC(NC)c1c(Br)cnn1C(C)C. The van der Waals surface area contributed by atoms with Crippen LogP contribution in [0.1, 0.15) is 45.0 Å². The third kappa shape index (κ3) is 3.79. The molecule has 1 unspecified atom stereocenters. The molecule has 0 aliphatic carbocycles. The van der Waals surface area contributed by atoms with Crippen molar-refractivity contribution >= 4 is 15.9 Å². The van der Waals surface area contributed by atoms with Gasteiger partial charge in [-0.3, -0.25) is 4.68 Å². The molecule has 5 heteroatoms. The van der Waals surface area contributed by atoms with Gasteiger partial charge in [-0.25, -0.2) is 0 Å². The number of nitrogens with zero attached hydrogens (tertiary/aromatic N) is 2. The van der Waals surface area contributed by atoms with Crippen LogP contribution in [0.25, 0.3) is 0 Å². The molecule has 17 heavy (non-hydrogen) atoms. The summed E-state index contributed by atoms with van der Waals surface area (Å²) in [5, 5.41) is 7.73. The van der Waals surface area contributed by atoms with Crippen LogP contribution in [0.2, 0.25) is 0 Å². The van der Waals surface area contributed by atoms with Gasteiger partial charge in [0, 0.05) is 19.3 Å². The van der Waals surface area contributed by atoms with E-state index in [-0.39, 0.29) is 6.04 Å². The van der Waals surface area contributed by atoms with E-state index in [0.717, 1.165) is 24.1 Å². The first-order valence-corrected chi connectivity index (χ1v) is 6.89. The Morgan fingerprint density at radius 3 is 2.76 bits per heavy atom. The van der Waals surface area contributed by atoms with Gasteiger partial charge in [-0.15, -0.1) is 0 Å². The van der Waals surface area contributed by atoms with Crippen LogP contribution in [-0.2, 0) is 4.74 Å². The Balaban J connectivity index is 2.82. The number of halogens is 1. The van der Waals surface area contributed by atoms with E-state index in [0.29, 0.717) is 6.04 Å². The van der Waals surface area contributed by atoms with Gasteiger partial charge >= 0.3 is 0 Å². The van der Waals surface area contributed by atoms with Crippen molar-refractivity contribution in [3.8, 4) is 0 Å². The number of rotatable bonds is 7. The van der Waals surface area contributed by atoms with E-state index < -0.39 is 0 Å². The van der Waals surface area contributed by atoms with Gasteiger partial charge in [0.1, 0.15) is 0 Å². The van der Waals surface area contributed by atoms with Gasteiger partial charge in [-0.2, -0.15) is 5.10 Å². The molecule has 0 radical (unpaired) electrons. The topological polar surface area (TPSA) is 39.1 Å². The summed E-state index contributed by atoms with van der Waals surface area (Å²) in [5.74, 6) is 0. The Morgan fingerprint density at radius 1 is 1.53 bits per heavy atom. The highest BCUT2D eigenvalue weighted by atomic mass is 79.9. The van der Waals surface area contributed by atoms with Crippen LogP contribution in [0.15, 0.2) is 10.7 Å². The first kappa shape index (κ1) is 14.7. The quantitative estimate of drug-likeness (QED) is 0.787. The van der Waals surface area contributed by atoms with Crippen molar-refractivity contribution in [3.63, 3.8) is 0 Å². The third-order valence-corrected chi connectivity index (χ3v) is 3.32. The summed E-state index contributed by atoms with van der Waals surface area (Å²) in [6.45, 7) is 7.82. The molecule has 0 aliphatic rings. The minimum atomic E-state index is 0.265.